The highest BCUT2D eigenvalue weighted by atomic mass is 32.2. The molecule has 2 aromatic rings. The summed E-state index contributed by atoms with van der Waals surface area (Å²) in [4.78, 5) is 0. The molecule has 2 rings (SSSR count). The van der Waals surface area contributed by atoms with Crippen LogP contribution in [0.4, 0.5) is 0 Å². The Morgan fingerprint density at radius 3 is 1.22 bits per heavy atom. The molecule has 23 heavy (non-hydrogen) atoms. The smallest absolute Gasteiger partial charge is 0.284 e. The number of hydrogen-bond acceptors (Lipinski definition) is 5. The van der Waals surface area contributed by atoms with E-state index in [9.17, 15) is 25.9 Å². The molecule has 0 saturated carbocycles. The molecule has 2 unspecified atom stereocenters. The second-order valence-corrected chi connectivity index (χ2v) is 7.78. The molecular formula is C14H15NO6S2. The van der Waals surface area contributed by atoms with E-state index >= 15 is 0 Å². The number of hydrogen-bond donors (Lipinski definition) is 3. The van der Waals surface area contributed by atoms with Crippen LogP contribution >= 0.6 is 0 Å². The number of benzene rings is 2. The first-order valence-corrected chi connectivity index (χ1v) is 9.49. The van der Waals surface area contributed by atoms with Crippen molar-refractivity contribution in [3.8, 4) is 0 Å². The van der Waals surface area contributed by atoms with E-state index in [1.165, 1.54) is 24.3 Å². The van der Waals surface area contributed by atoms with Gasteiger partial charge < -0.3 is 0 Å². The Balaban J connectivity index is 2.48. The van der Waals surface area contributed by atoms with Crippen LogP contribution in [0.15, 0.2) is 60.7 Å². The molecule has 0 aliphatic heterocycles. The first-order valence-electron chi connectivity index (χ1n) is 6.48. The summed E-state index contributed by atoms with van der Waals surface area (Å²) in [6, 6.07) is 15.1. The van der Waals surface area contributed by atoms with Gasteiger partial charge >= 0.3 is 0 Å². The highest BCUT2D eigenvalue weighted by molar-refractivity contribution is 7.86. The van der Waals surface area contributed by atoms with Gasteiger partial charge in [-0.2, -0.15) is 16.8 Å². The van der Waals surface area contributed by atoms with E-state index in [4.69, 9.17) is 0 Å². The molecule has 0 bridgehead atoms. The van der Waals surface area contributed by atoms with Crippen molar-refractivity contribution in [2.75, 3.05) is 0 Å². The van der Waals surface area contributed by atoms with Crippen LogP contribution in [0.3, 0.4) is 0 Å². The van der Waals surface area contributed by atoms with Crippen LogP contribution in [-0.2, 0) is 20.2 Å². The number of nitrogens with one attached hydrogen (secondary N) is 1. The maximum atomic E-state index is 11.6. The highest BCUT2D eigenvalue weighted by Crippen LogP contribution is 2.26. The first-order chi connectivity index (χ1) is 10.7. The fraction of sp³-hybridized carbons (Fsp3) is 0.143. The predicted molar refractivity (Wildman–Crippen MR) is 84.6 cm³/mol. The lowest BCUT2D eigenvalue weighted by Gasteiger charge is -2.22. The molecule has 0 saturated heterocycles. The normalized spacial score (nSPS) is 15.0. The Morgan fingerprint density at radius 1 is 0.652 bits per heavy atom. The van der Waals surface area contributed by atoms with Gasteiger partial charge in [-0.05, 0) is 11.1 Å². The van der Waals surface area contributed by atoms with Gasteiger partial charge in [0.2, 0.25) is 0 Å². The number of rotatable bonds is 6. The molecule has 3 N–H and O–H groups in total. The van der Waals surface area contributed by atoms with Crippen LogP contribution in [-0.4, -0.2) is 25.9 Å². The third kappa shape index (κ3) is 4.60. The Hall–Kier alpha value is -1.78. The summed E-state index contributed by atoms with van der Waals surface area (Å²) in [5, 5.41) is -1.13. The van der Waals surface area contributed by atoms with E-state index < -0.39 is 31.0 Å². The van der Waals surface area contributed by atoms with Crippen molar-refractivity contribution < 1.29 is 25.9 Å². The zero-order valence-electron chi connectivity index (χ0n) is 11.8. The summed E-state index contributed by atoms with van der Waals surface area (Å²) < 4.78 is 65.4. The van der Waals surface area contributed by atoms with E-state index in [2.05, 4.69) is 5.32 Å². The van der Waals surface area contributed by atoms with Gasteiger partial charge in [0.25, 0.3) is 20.2 Å². The largest absolute Gasteiger partial charge is 0.285 e. The van der Waals surface area contributed by atoms with Crippen LogP contribution in [0, 0.1) is 0 Å². The molecule has 0 fully saturated rings. The van der Waals surface area contributed by atoms with Gasteiger partial charge in [0.1, 0.15) is 0 Å². The molecule has 0 aromatic heterocycles. The maximum absolute atomic E-state index is 11.6. The van der Waals surface area contributed by atoms with Crippen LogP contribution in [0.2, 0.25) is 0 Å². The lowest BCUT2D eigenvalue weighted by molar-refractivity contribution is 0.428. The molecule has 0 aliphatic carbocycles. The summed E-state index contributed by atoms with van der Waals surface area (Å²) in [7, 11) is -9.34. The Bertz CT molecular complexity index is 777. The molecular weight excluding hydrogens is 342 g/mol. The average molecular weight is 357 g/mol. The first kappa shape index (κ1) is 17.6. The quantitative estimate of drug-likeness (QED) is 0.673. The van der Waals surface area contributed by atoms with E-state index in [1.54, 1.807) is 36.4 Å². The minimum absolute atomic E-state index is 0.139. The molecule has 2 atom stereocenters. The lowest BCUT2D eigenvalue weighted by atomic mass is 10.2. The minimum Gasteiger partial charge on any atom is -0.284 e. The van der Waals surface area contributed by atoms with Crippen molar-refractivity contribution in [1.82, 2.24) is 5.32 Å². The molecule has 7 nitrogen and oxygen atoms in total. The lowest BCUT2D eigenvalue weighted by Crippen LogP contribution is -2.35. The maximum Gasteiger partial charge on any atom is 0.285 e. The topological polar surface area (TPSA) is 121 Å². The Kier molecular flexibility index (Phi) is 5.17. The molecule has 2 aromatic carbocycles. The van der Waals surface area contributed by atoms with Crippen molar-refractivity contribution in [3.05, 3.63) is 71.8 Å². The second kappa shape index (κ2) is 6.77. The summed E-state index contributed by atoms with van der Waals surface area (Å²) in [5.41, 5.74) is 0.277. The Labute approximate surface area is 134 Å². The molecule has 124 valence electrons. The molecule has 0 aliphatic rings. The fourth-order valence-electron chi connectivity index (χ4n) is 2.10. The zero-order chi connectivity index (χ0) is 17.1. The average Bonchev–Trinajstić information content (AvgIpc) is 2.47. The van der Waals surface area contributed by atoms with E-state index in [0.717, 1.165) is 0 Å². The third-order valence-electron chi connectivity index (χ3n) is 3.10. The van der Waals surface area contributed by atoms with Gasteiger partial charge in [-0.3, -0.25) is 14.4 Å². The minimum atomic E-state index is -4.67. The van der Waals surface area contributed by atoms with Crippen LogP contribution in [0.1, 0.15) is 21.9 Å². The SMILES string of the molecule is O=S(=O)(O)C(NC(c1ccccc1)S(=O)(=O)O)c1ccccc1. The predicted octanol–water partition coefficient (Wildman–Crippen LogP) is 1.75. The third-order valence-corrected chi connectivity index (χ3v) is 5.11. The zero-order valence-corrected chi connectivity index (χ0v) is 13.4. The summed E-state index contributed by atoms with van der Waals surface area (Å²) in [6.07, 6.45) is 0. The second-order valence-electron chi connectivity index (χ2n) is 4.78. The molecule has 0 amide bonds. The molecule has 9 heteroatoms. The van der Waals surface area contributed by atoms with Gasteiger partial charge in [-0.15, -0.1) is 0 Å². The van der Waals surface area contributed by atoms with E-state index in [-0.39, 0.29) is 11.1 Å². The van der Waals surface area contributed by atoms with Crippen LogP contribution in [0.25, 0.3) is 0 Å². The standard InChI is InChI=1S/C14H15NO6S2/c16-22(17,18)13(11-7-3-1-4-8-11)15-14(23(19,20)21)12-9-5-2-6-10-12/h1-10,13-15H,(H,16,17,18)(H,19,20,21). The monoisotopic (exact) mass is 357 g/mol. The van der Waals surface area contributed by atoms with E-state index in [1.807, 2.05) is 0 Å². The highest BCUT2D eigenvalue weighted by Gasteiger charge is 2.33. The van der Waals surface area contributed by atoms with Gasteiger partial charge in [0, 0.05) is 0 Å². The van der Waals surface area contributed by atoms with Crippen molar-refractivity contribution in [2.24, 2.45) is 0 Å². The fourth-order valence-corrected chi connectivity index (χ4v) is 3.81. The van der Waals surface area contributed by atoms with Gasteiger partial charge in [-0.1, -0.05) is 60.7 Å². The van der Waals surface area contributed by atoms with Crippen molar-refractivity contribution in [3.63, 3.8) is 0 Å². The summed E-state index contributed by atoms with van der Waals surface area (Å²) in [6.45, 7) is 0. The van der Waals surface area contributed by atoms with Crippen molar-refractivity contribution in [2.45, 2.75) is 10.7 Å². The van der Waals surface area contributed by atoms with Crippen LogP contribution < -0.4 is 5.32 Å². The molecule has 0 radical (unpaired) electrons. The summed E-state index contributed by atoms with van der Waals surface area (Å²) >= 11 is 0. The van der Waals surface area contributed by atoms with Gasteiger partial charge in [0.15, 0.2) is 10.7 Å². The van der Waals surface area contributed by atoms with Gasteiger partial charge in [-0.25, -0.2) is 0 Å². The Morgan fingerprint density at radius 2 is 0.957 bits per heavy atom. The molecule has 0 heterocycles. The van der Waals surface area contributed by atoms with E-state index in [0.29, 0.717) is 0 Å². The van der Waals surface area contributed by atoms with Crippen molar-refractivity contribution in [1.29, 1.82) is 0 Å². The van der Waals surface area contributed by atoms with Gasteiger partial charge in [0.05, 0.1) is 0 Å². The molecule has 0 spiro atoms. The van der Waals surface area contributed by atoms with Crippen LogP contribution in [0.5, 0.6) is 0 Å². The summed E-state index contributed by atoms with van der Waals surface area (Å²) in [5.74, 6) is 0. The van der Waals surface area contributed by atoms with Crippen molar-refractivity contribution >= 4 is 20.2 Å².